The van der Waals surface area contributed by atoms with Crippen LogP contribution in [0, 0.1) is 0 Å². The number of amides is 1. The van der Waals surface area contributed by atoms with E-state index < -0.39 is 27.9 Å². The molecule has 0 bridgehead atoms. The van der Waals surface area contributed by atoms with E-state index in [1.165, 1.54) is 17.0 Å². The Bertz CT molecular complexity index is 1790. The SMILES string of the molecule is O=C1C(OC(c2ccccc2)c2ccccc2)=C(S(=O)(=O)c2ccc(Br)cc2)C(c2ccccc2)N1c1ccccc1. The Labute approximate surface area is 253 Å². The largest absolute Gasteiger partial charge is 0.474 e. The lowest BCUT2D eigenvalue weighted by Crippen LogP contribution is -2.31. The predicted octanol–water partition coefficient (Wildman–Crippen LogP) is 8.03. The maximum absolute atomic E-state index is 14.6. The smallest absolute Gasteiger partial charge is 0.295 e. The van der Waals surface area contributed by atoms with Crippen molar-refractivity contribution in [3.63, 3.8) is 0 Å². The summed E-state index contributed by atoms with van der Waals surface area (Å²) in [4.78, 5) is 16.0. The molecule has 0 saturated carbocycles. The summed E-state index contributed by atoms with van der Waals surface area (Å²) in [7, 11) is -4.21. The van der Waals surface area contributed by atoms with Gasteiger partial charge in [0.1, 0.15) is 17.1 Å². The summed E-state index contributed by atoms with van der Waals surface area (Å²) in [5.74, 6) is -0.726. The minimum atomic E-state index is -4.21. The Morgan fingerprint density at radius 3 is 1.64 bits per heavy atom. The fraction of sp³-hybridized carbons (Fsp3) is 0.0571. The highest BCUT2D eigenvalue weighted by Gasteiger charge is 2.49. The molecule has 1 unspecified atom stereocenters. The van der Waals surface area contributed by atoms with Crippen LogP contribution in [-0.4, -0.2) is 14.3 Å². The fourth-order valence-electron chi connectivity index (χ4n) is 5.18. The number of benzene rings is 5. The third-order valence-electron chi connectivity index (χ3n) is 7.15. The Hall–Kier alpha value is -4.46. The number of anilines is 1. The van der Waals surface area contributed by atoms with E-state index in [4.69, 9.17) is 4.74 Å². The number of carbonyl (C=O) groups is 1. The minimum Gasteiger partial charge on any atom is -0.474 e. The lowest BCUT2D eigenvalue weighted by Gasteiger charge is -2.27. The standard InChI is InChI=1S/C35H26BrNO4S/c36-28-21-23-30(24-22-28)42(39,40)34-31(25-13-5-1-6-14-25)37(29-19-11-4-12-20-29)35(38)33(34)41-32(26-15-7-2-8-16-26)27-17-9-3-10-18-27/h1-24,31-32H. The average Bonchev–Trinajstić information content (AvgIpc) is 3.34. The number of halogens is 1. The Morgan fingerprint density at radius 1 is 0.643 bits per heavy atom. The lowest BCUT2D eigenvalue weighted by atomic mass is 10.0. The van der Waals surface area contributed by atoms with Gasteiger partial charge in [0, 0.05) is 10.2 Å². The Kier molecular flexibility index (Phi) is 7.78. The number of rotatable bonds is 8. The van der Waals surface area contributed by atoms with Crippen LogP contribution in [0.25, 0.3) is 0 Å². The number of ether oxygens (including phenoxy) is 1. The van der Waals surface area contributed by atoms with Gasteiger partial charge in [0.2, 0.25) is 15.6 Å². The molecule has 0 aliphatic carbocycles. The van der Waals surface area contributed by atoms with Crippen molar-refractivity contribution in [1.29, 1.82) is 0 Å². The zero-order valence-electron chi connectivity index (χ0n) is 22.4. The molecule has 0 N–H and O–H groups in total. The van der Waals surface area contributed by atoms with Crippen LogP contribution in [0.3, 0.4) is 0 Å². The van der Waals surface area contributed by atoms with Gasteiger partial charge in [-0.05, 0) is 53.1 Å². The first-order chi connectivity index (χ1) is 20.4. The highest BCUT2D eigenvalue weighted by atomic mass is 79.9. The molecule has 1 atom stereocenters. The number of para-hydroxylation sites is 1. The van der Waals surface area contributed by atoms with E-state index in [2.05, 4.69) is 15.9 Å². The molecule has 7 heteroatoms. The van der Waals surface area contributed by atoms with Crippen molar-refractivity contribution < 1.29 is 17.9 Å². The van der Waals surface area contributed by atoms with Gasteiger partial charge in [-0.1, -0.05) is 125 Å². The van der Waals surface area contributed by atoms with Gasteiger partial charge in [0.15, 0.2) is 0 Å². The third-order valence-corrected chi connectivity index (χ3v) is 9.56. The van der Waals surface area contributed by atoms with Crippen LogP contribution in [0.5, 0.6) is 0 Å². The normalized spacial score (nSPS) is 15.3. The van der Waals surface area contributed by atoms with E-state index in [-0.39, 0.29) is 15.6 Å². The van der Waals surface area contributed by atoms with Crippen LogP contribution in [-0.2, 0) is 19.4 Å². The molecule has 5 aromatic rings. The van der Waals surface area contributed by atoms with Gasteiger partial charge in [-0.25, -0.2) is 8.42 Å². The van der Waals surface area contributed by atoms with Gasteiger partial charge in [0.25, 0.3) is 5.91 Å². The molecule has 0 spiro atoms. The molecule has 5 aromatic carbocycles. The molecule has 1 aliphatic heterocycles. The van der Waals surface area contributed by atoms with Crippen LogP contribution in [0.1, 0.15) is 28.8 Å². The van der Waals surface area contributed by atoms with Crippen LogP contribution >= 0.6 is 15.9 Å². The first-order valence-corrected chi connectivity index (χ1v) is 15.7. The van der Waals surface area contributed by atoms with Crippen molar-refractivity contribution >= 4 is 37.4 Å². The quantitative estimate of drug-likeness (QED) is 0.173. The van der Waals surface area contributed by atoms with E-state index >= 15 is 0 Å². The van der Waals surface area contributed by atoms with Gasteiger partial charge in [-0.3, -0.25) is 9.69 Å². The first kappa shape index (κ1) is 27.7. The first-order valence-electron chi connectivity index (χ1n) is 13.4. The number of hydrogen-bond acceptors (Lipinski definition) is 4. The second-order valence-electron chi connectivity index (χ2n) is 9.79. The second-order valence-corrected chi connectivity index (χ2v) is 12.6. The summed E-state index contributed by atoms with van der Waals surface area (Å²) in [5.41, 5.74) is 2.80. The highest BCUT2D eigenvalue weighted by Crippen LogP contribution is 2.47. The van der Waals surface area contributed by atoms with E-state index in [9.17, 15) is 13.2 Å². The molecule has 1 heterocycles. The predicted molar refractivity (Wildman–Crippen MR) is 167 cm³/mol. The van der Waals surface area contributed by atoms with Crippen LogP contribution in [0.15, 0.2) is 166 Å². The topological polar surface area (TPSA) is 63.7 Å². The molecule has 0 aromatic heterocycles. The van der Waals surface area contributed by atoms with Gasteiger partial charge in [-0.15, -0.1) is 0 Å². The monoisotopic (exact) mass is 635 g/mol. The van der Waals surface area contributed by atoms with Gasteiger partial charge in [0.05, 0.1) is 4.90 Å². The maximum Gasteiger partial charge on any atom is 0.295 e. The van der Waals surface area contributed by atoms with Crippen molar-refractivity contribution in [2.75, 3.05) is 4.90 Å². The zero-order valence-corrected chi connectivity index (χ0v) is 24.8. The molecule has 1 aliphatic rings. The molecule has 0 saturated heterocycles. The number of nitrogens with zero attached hydrogens (tertiary/aromatic N) is 1. The number of sulfone groups is 1. The molecule has 0 radical (unpaired) electrons. The minimum absolute atomic E-state index is 0.0708. The van der Waals surface area contributed by atoms with Crippen LogP contribution < -0.4 is 4.90 Å². The van der Waals surface area contributed by atoms with Crippen molar-refractivity contribution in [3.05, 3.63) is 177 Å². The average molecular weight is 637 g/mol. The summed E-state index contributed by atoms with van der Waals surface area (Å²) >= 11 is 3.40. The number of carbonyl (C=O) groups excluding carboxylic acids is 1. The summed E-state index contributed by atoms with van der Waals surface area (Å²) in [6, 6.07) is 42.8. The molecule has 208 valence electrons. The molecule has 42 heavy (non-hydrogen) atoms. The number of hydrogen-bond donors (Lipinski definition) is 0. The van der Waals surface area contributed by atoms with Crippen molar-refractivity contribution in [1.82, 2.24) is 0 Å². The van der Waals surface area contributed by atoms with Crippen molar-refractivity contribution in [3.8, 4) is 0 Å². The third kappa shape index (κ3) is 5.29. The van der Waals surface area contributed by atoms with E-state index in [1.807, 2.05) is 109 Å². The molecule has 5 nitrogen and oxygen atoms in total. The summed E-state index contributed by atoms with van der Waals surface area (Å²) in [6.07, 6.45) is -0.728. The maximum atomic E-state index is 14.6. The summed E-state index contributed by atoms with van der Waals surface area (Å²) < 4.78 is 36.6. The zero-order chi connectivity index (χ0) is 29.1. The van der Waals surface area contributed by atoms with E-state index in [0.29, 0.717) is 11.3 Å². The molecular weight excluding hydrogens is 610 g/mol. The van der Waals surface area contributed by atoms with Gasteiger partial charge >= 0.3 is 0 Å². The molecule has 0 fully saturated rings. The van der Waals surface area contributed by atoms with Crippen LogP contribution in [0.4, 0.5) is 5.69 Å². The lowest BCUT2D eigenvalue weighted by molar-refractivity contribution is -0.118. The van der Waals surface area contributed by atoms with Crippen molar-refractivity contribution in [2.45, 2.75) is 17.0 Å². The molecule has 6 rings (SSSR count). The van der Waals surface area contributed by atoms with Gasteiger partial charge < -0.3 is 4.74 Å². The molecule has 1 amide bonds. The Balaban J connectivity index is 1.61. The second kappa shape index (κ2) is 11.8. The molecular formula is C35H26BrNO4S. The Morgan fingerprint density at radius 2 is 1.12 bits per heavy atom. The fourth-order valence-corrected chi connectivity index (χ4v) is 7.11. The summed E-state index contributed by atoms with van der Waals surface area (Å²) in [5, 5.41) is 0. The van der Waals surface area contributed by atoms with Gasteiger partial charge in [-0.2, -0.15) is 0 Å². The van der Waals surface area contributed by atoms with Crippen molar-refractivity contribution in [2.24, 2.45) is 0 Å². The summed E-state index contributed by atoms with van der Waals surface area (Å²) in [6.45, 7) is 0. The van der Waals surface area contributed by atoms with Crippen LogP contribution in [0.2, 0.25) is 0 Å². The van der Waals surface area contributed by atoms with E-state index in [1.54, 1.807) is 24.3 Å². The van der Waals surface area contributed by atoms with E-state index in [0.717, 1.165) is 15.6 Å². The highest BCUT2D eigenvalue weighted by molar-refractivity contribution is 9.10.